The van der Waals surface area contributed by atoms with E-state index in [0.29, 0.717) is 5.92 Å². The molecular weight excluding hydrogens is 146 g/mol. The van der Waals surface area contributed by atoms with E-state index < -0.39 is 0 Å². The number of hydrogen-bond acceptors (Lipinski definition) is 1. The molecule has 0 radical (unpaired) electrons. The Kier molecular flexibility index (Phi) is 2.92. The summed E-state index contributed by atoms with van der Waals surface area (Å²) in [6.45, 7) is 9.04. The highest BCUT2D eigenvalue weighted by Gasteiger charge is 2.29. The zero-order valence-electron chi connectivity index (χ0n) is 8.72. The van der Waals surface area contributed by atoms with Crippen LogP contribution in [0.2, 0.25) is 0 Å². The van der Waals surface area contributed by atoms with Crippen molar-refractivity contribution in [2.45, 2.75) is 40.5 Å². The van der Waals surface area contributed by atoms with E-state index in [-0.39, 0.29) is 0 Å². The van der Waals surface area contributed by atoms with Gasteiger partial charge in [-0.3, -0.25) is 0 Å². The van der Waals surface area contributed by atoms with Crippen LogP contribution in [-0.4, -0.2) is 5.71 Å². The van der Waals surface area contributed by atoms with Crippen LogP contribution in [0.4, 0.5) is 0 Å². The summed E-state index contributed by atoms with van der Waals surface area (Å²) in [6, 6.07) is 0. The smallest absolute Gasteiger partial charge is 0.0123 e. The molecule has 1 aliphatic carbocycles. The molecule has 1 heteroatoms. The predicted octanol–water partition coefficient (Wildman–Crippen LogP) is 3.34. The van der Waals surface area contributed by atoms with Crippen LogP contribution in [0.25, 0.3) is 0 Å². The Balaban J connectivity index is 2.59. The molecule has 70 valence electrons. The van der Waals surface area contributed by atoms with E-state index in [0.717, 1.165) is 29.9 Å². The lowest BCUT2D eigenvalue weighted by atomic mass is 9.71. The van der Waals surface area contributed by atoms with Gasteiger partial charge in [-0.05, 0) is 36.5 Å². The molecule has 3 unspecified atom stereocenters. The molecular formula is C11H21N. The van der Waals surface area contributed by atoms with Gasteiger partial charge in [-0.1, -0.05) is 27.7 Å². The van der Waals surface area contributed by atoms with Crippen molar-refractivity contribution < 1.29 is 0 Å². The third-order valence-corrected chi connectivity index (χ3v) is 3.50. The summed E-state index contributed by atoms with van der Waals surface area (Å²) in [5, 5.41) is 7.85. The summed E-state index contributed by atoms with van der Waals surface area (Å²) in [4.78, 5) is 0. The molecule has 1 fully saturated rings. The monoisotopic (exact) mass is 167 g/mol. The van der Waals surface area contributed by atoms with Crippen molar-refractivity contribution in [3.63, 3.8) is 0 Å². The minimum Gasteiger partial charge on any atom is -0.309 e. The summed E-state index contributed by atoms with van der Waals surface area (Å²) in [5.74, 6) is 2.77. The highest BCUT2D eigenvalue weighted by Crippen LogP contribution is 2.34. The van der Waals surface area contributed by atoms with Crippen LogP contribution in [0.5, 0.6) is 0 Å². The molecule has 1 saturated carbocycles. The maximum atomic E-state index is 7.85. The van der Waals surface area contributed by atoms with Crippen LogP contribution in [0, 0.1) is 29.1 Å². The molecule has 0 bridgehead atoms. The van der Waals surface area contributed by atoms with Gasteiger partial charge in [-0.15, -0.1) is 0 Å². The lowest BCUT2D eigenvalue weighted by Crippen LogP contribution is -2.31. The minimum absolute atomic E-state index is 0.528. The maximum absolute atomic E-state index is 7.85. The van der Waals surface area contributed by atoms with Crippen molar-refractivity contribution in [3.8, 4) is 0 Å². The molecule has 0 amide bonds. The molecule has 0 aromatic rings. The standard InChI is InChI=1S/C11H21N/c1-7(2)10-5-8(3)9(4)11(12)6-10/h7-10,12H,5-6H2,1-4H3. The van der Waals surface area contributed by atoms with Crippen molar-refractivity contribution in [2.75, 3.05) is 0 Å². The van der Waals surface area contributed by atoms with Crippen LogP contribution in [0.1, 0.15) is 40.5 Å². The van der Waals surface area contributed by atoms with Crippen molar-refractivity contribution in [1.29, 1.82) is 5.41 Å². The van der Waals surface area contributed by atoms with Crippen molar-refractivity contribution in [1.82, 2.24) is 0 Å². The van der Waals surface area contributed by atoms with Crippen LogP contribution >= 0.6 is 0 Å². The van der Waals surface area contributed by atoms with Gasteiger partial charge in [0.05, 0.1) is 0 Å². The van der Waals surface area contributed by atoms with Crippen molar-refractivity contribution in [2.24, 2.45) is 23.7 Å². The molecule has 0 aromatic carbocycles. The largest absolute Gasteiger partial charge is 0.309 e. The summed E-state index contributed by atoms with van der Waals surface area (Å²) in [6.07, 6.45) is 2.37. The number of nitrogens with one attached hydrogen (secondary N) is 1. The Hall–Kier alpha value is -0.330. The molecule has 1 N–H and O–H groups in total. The first kappa shape index (κ1) is 9.76. The average molecular weight is 167 g/mol. The summed E-state index contributed by atoms with van der Waals surface area (Å²) in [5.41, 5.74) is 0.979. The van der Waals surface area contributed by atoms with Gasteiger partial charge >= 0.3 is 0 Å². The van der Waals surface area contributed by atoms with E-state index in [4.69, 9.17) is 5.41 Å². The van der Waals surface area contributed by atoms with Crippen LogP contribution < -0.4 is 0 Å². The molecule has 0 heterocycles. The minimum atomic E-state index is 0.528. The Morgan fingerprint density at radius 2 is 1.92 bits per heavy atom. The zero-order valence-corrected chi connectivity index (χ0v) is 8.72. The lowest BCUT2D eigenvalue weighted by Gasteiger charge is -2.34. The molecule has 0 aromatic heterocycles. The van der Waals surface area contributed by atoms with Crippen molar-refractivity contribution >= 4 is 5.71 Å². The van der Waals surface area contributed by atoms with E-state index in [9.17, 15) is 0 Å². The average Bonchev–Trinajstić information content (AvgIpc) is 1.99. The summed E-state index contributed by atoms with van der Waals surface area (Å²) in [7, 11) is 0. The Morgan fingerprint density at radius 1 is 1.33 bits per heavy atom. The van der Waals surface area contributed by atoms with E-state index in [1.807, 2.05) is 0 Å². The molecule has 1 nitrogen and oxygen atoms in total. The topological polar surface area (TPSA) is 23.9 Å². The third kappa shape index (κ3) is 1.88. The fourth-order valence-electron chi connectivity index (χ4n) is 2.08. The van der Waals surface area contributed by atoms with E-state index in [1.54, 1.807) is 0 Å². The predicted molar refractivity (Wildman–Crippen MR) is 53.6 cm³/mol. The highest BCUT2D eigenvalue weighted by atomic mass is 14.5. The SMILES string of the molecule is CC(C)C1CC(=N)C(C)C(C)C1. The van der Waals surface area contributed by atoms with E-state index >= 15 is 0 Å². The number of hydrogen-bond donors (Lipinski definition) is 1. The van der Waals surface area contributed by atoms with Gasteiger partial charge in [-0.25, -0.2) is 0 Å². The summed E-state index contributed by atoms with van der Waals surface area (Å²) >= 11 is 0. The summed E-state index contributed by atoms with van der Waals surface area (Å²) < 4.78 is 0. The second kappa shape index (κ2) is 3.59. The second-order valence-electron chi connectivity index (χ2n) is 4.74. The normalized spacial score (nSPS) is 37.4. The molecule has 0 saturated heterocycles. The fraction of sp³-hybridized carbons (Fsp3) is 0.909. The van der Waals surface area contributed by atoms with Gasteiger partial charge in [0.15, 0.2) is 0 Å². The first-order chi connectivity index (χ1) is 5.52. The van der Waals surface area contributed by atoms with Crippen LogP contribution in [0.3, 0.4) is 0 Å². The van der Waals surface area contributed by atoms with Gasteiger partial charge in [0, 0.05) is 5.71 Å². The first-order valence-corrected chi connectivity index (χ1v) is 5.09. The quantitative estimate of drug-likeness (QED) is 0.619. The molecule has 0 aliphatic heterocycles. The van der Waals surface area contributed by atoms with Crippen molar-refractivity contribution in [3.05, 3.63) is 0 Å². The zero-order chi connectivity index (χ0) is 9.30. The molecule has 1 rings (SSSR count). The van der Waals surface area contributed by atoms with E-state index in [1.165, 1.54) is 6.42 Å². The Morgan fingerprint density at radius 3 is 2.33 bits per heavy atom. The second-order valence-corrected chi connectivity index (χ2v) is 4.74. The number of rotatable bonds is 1. The van der Waals surface area contributed by atoms with Gasteiger partial charge in [-0.2, -0.15) is 0 Å². The molecule has 3 atom stereocenters. The lowest BCUT2D eigenvalue weighted by molar-refractivity contribution is 0.259. The van der Waals surface area contributed by atoms with Crippen LogP contribution in [-0.2, 0) is 0 Å². The van der Waals surface area contributed by atoms with Gasteiger partial charge in [0.2, 0.25) is 0 Å². The Bertz CT molecular complexity index is 172. The Labute approximate surface area is 76.1 Å². The first-order valence-electron chi connectivity index (χ1n) is 5.09. The molecule has 0 spiro atoms. The fourth-order valence-corrected chi connectivity index (χ4v) is 2.08. The highest BCUT2D eigenvalue weighted by molar-refractivity contribution is 5.84. The third-order valence-electron chi connectivity index (χ3n) is 3.50. The van der Waals surface area contributed by atoms with E-state index in [2.05, 4.69) is 27.7 Å². The van der Waals surface area contributed by atoms with Gasteiger partial charge < -0.3 is 5.41 Å². The molecule has 12 heavy (non-hydrogen) atoms. The molecule has 1 aliphatic rings. The van der Waals surface area contributed by atoms with Gasteiger partial charge in [0.1, 0.15) is 0 Å². The van der Waals surface area contributed by atoms with Gasteiger partial charge in [0.25, 0.3) is 0 Å². The maximum Gasteiger partial charge on any atom is 0.0123 e. The van der Waals surface area contributed by atoms with Crippen LogP contribution in [0.15, 0.2) is 0 Å².